The normalized spacial score (nSPS) is 19.6. The van der Waals surface area contributed by atoms with E-state index in [0.29, 0.717) is 25.1 Å². The minimum atomic E-state index is -0.594. The van der Waals surface area contributed by atoms with Crippen molar-refractivity contribution in [2.75, 3.05) is 13.1 Å². The number of hydrogen-bond acceptors (Lipinski definition) is 3. The quantitative estimate of drug-likeness (QED) is 0.641. The molecule has 0 saturated carbocycles. The van der Waals surface area contributed by atoms with Gasteiger partial charge in [0.1, 0.15) is 6.04 Å². The van der Waals surface area contributed by atoms with Crippen LogP contribution in [0.5, 0.6) is 0 Å². The fraction of sp³-hybridized carbons (Fsp3) is 0.222. The van der Waals surface area contributed by atoms with Gasteiger partial charge in [0.2, 0.25) is 11.8 Å². The third kappa shape index (κ3) is 4.12. The summed E-state index contributed by atoms with van der Waals surface area (Å²) in [4.78, 5) is 40.2. The Morgan fingerprint density at radius 1 is 0.879 bits per heavy atom. The van der Waals surface area contributed by atoms with Crippen LogP contribution in [0.1, 0.15) is 33.9 Å². The highest BCUT2D eigenvalue weighted by Gasteiger charge is 2.36. The maximum absolute atomic E-state index is 13.4. The standard InChI is InChI=1S/C27H25N3O3/c31-25(17-23-21-12-6-7-13-22(21)26(32)29-23)30-15-14-28-27(33)24(30)16-19-10-4-5-11-20(19)18-8-2-1-3-9-18/h1-13,23-24H,14-17H2,(H,28,33)(H,29,32)/t23-,24+/m0/s1. The Morgan fingerprint density at radius 3 is 2.39 bits per heavy atom. The van der Waals surface area contributed by atoms with Gasteiger partial charge in [-0.05, 0) is 28.3 Å². The summed E-state index contributed by atoms with van der Waals surface area (Å²) in [5.41, 5.74) is 4.60. The first-order chi connectivity index (χ1) is 16.1. The van der Waals surface area contributed by atoms with Gasteiger partial charge in [0.05, 0.1) is 12.5 Å². The van der Waals surface area contributed by atoms with Crippen molar-refractivity contribution >= 4 is 17.7 Å². The van der Waals surface area contributed by atoms with Crippen molar-refractivity contribution in [1.29, 1.82) is 0 Å². The average molecular weight is 440 g/mol. The molecule has 3 amide bonds. The number of carbonyl (C=O) groups excluding carboxylic acids is 3. The summed E-state index contributed by atoms with van der Waals surface area (Å²) in [5.74, 6) is -0.435. The molecule has 6 heteroatoms. The van der Waals surface area contributed by atoms with E-state index in [2.05, 4.69) is 10.6 Å². The zero-order valence-electron chi connectivity index (χ0n) is 18.2. The van der Waals surface area contributed by atoms with Gasteiger partial charge in [0.15, 0.2) is 0 Å². The van der Waals surface area contributed by atoms with Gasteiger partial charge in [0, 0.05) is 25.1 Å². The fourth-order valence-electron chi connectivity index (χ4n) is 4.80. The number of fused-ring (bicyclic) bond motifs is 1. The van der Waals surface area contributed by atoms with Crippen molar-refractivity contribution in [2.45, 2.75) is 24.9 Å². The van der Waals surface area contributed by atoms with Gasteiger partial charge in [-0.3, -0.25) is 14.4 Å². The topological polar surface area (TPSA) is 78.5 Å². The van der Waals surface area contributed by atoms with Crippen molar-refractivity contribution in [2.24, 2.45) is 0 Å². The van der Waals surface area contributed by atoms with E-state index in [1.807, 2.05) is 72.8 Å². The van der Waals surface area contributed by atoms with Gasteiger partial charge >= 0.3 is 0 Å². The summed E-state index contributed by atoms with van der Waals surface area (Å²) in [5, 5.41) is 5.82. The molecule has 0 bridgehead atoms. The van der Waals surface area contributed by atoms with Gasteiger partial charge in [-0.15, -0.1) is 0 Å². The lowest BCUT2D eigenvalue weighted by Gasteiger charge is -2.36. The molecule has 166 valence electrons. The second-order valence-corrected chi connectivity index (χ2v) is 8.44. The maximum atomic E-state index is 13.4. The Kier molecular flexibility index (Phi) is 5.65. The second-order valence-electron chi connectivity index (χ2n) is 8.44. The molecular formula is C27H25N3O3. The van der Waals surface area contributed by atoms with Gasteiger partial charge in [0.25, 0.3) is 5.91 Å². The molecule has 0 aromatic heterocycles. The van der Waals surface area contributed by atoms with E-state index in [1.54, 1.807) is 11.0 Å². The van der Waals surface area contributed by atoms with E-state index in [4.69, 9.17) is 0 Å². The lowest BCUT2D eigenvalue weighted by molar-refractivity contribution is -0.143. The highest BCUT2D eigenvalue weighted by Crippen LogP contribution is 2.30. The number of piperazine rings is 1. The highest BCUT2D eigenvalue weighted by molar-refractivity contribution is 6.00. The first-order valence-corrected chi connectivity index (χ1v) is 11.2. The number of rotatable bonds is 5. The number of benzene rings is 3. The van der Waals surface area contributed by atoms with Crippen molar-refractivity contribution in [3.05, 3.63) is 95.6 Å². The molecule has 6 nitrogen and oxygen atoms in total. The van der Waals surface area contributed by atoms with Crippen molar-refractivity contribution < 1.29 is 14.4 Å². The lowest BCUT2D eigenvalue weighted by Crippen LogP contribution is -2.58. The highest BCUT2D eigenvalue weighted by atomic mass is 16.2. The predicted molar refractivity (Wildman–Crippen MR) is 125 cm³/mol. The van der Waals surface area contributed by atoms with E-state index in [1.165, 1.54) is 0 Å². The van der Waals surface area contributed by atoms with Crippen LogP contribution in [0, 0.1) is 0 Å². The minimum Gasteiger partial charge on any atom is -0.353 e. The minimum absolute atomic E-state index is 0.131. The van der Waals surface area contributed by atoms with E-state index in [0.717, 1.165) is 22.3 Å². The zero-order chi connectivity index (χ0) is 22.8. The van der Waals surface area contributed by atoms with Gasteiger partial charge in [-0.25, -0.2) is 0 Å². The smallest absolute Gasteiger partial charge is 0.252 e. The maximum Gasteiger partial charge on any atom is 0.252 e. The van der Waals surface area contributed by atoms with Crippen LogP contribution in [0.2, 0.25) is 0 Å². The zero-order valence-corrected chi connectivity index (χ0v) is 18.2. The van der Waals surface area contributed by atoms with Crippen LogP contribution in [0.4, 0.5) is 0 Å². The van der Waals surface area contributed by atoms with Crippen LogP contribution in [0.15, 0.2) is 78.9 Å². The Labute approximate surface area is 192 Å². The van der Waals surface area contributed by atoms with E-state index >= 15 is 0 Å². The third-order valence-electron chi connectivity index (χ3n) is 6.43. The predicted octanol–water partition coefficient (Wildman–Crippen LogP) is 3.10. The molecule has 33 heavy (non-hydrogen) atoms. The van der Waals surface area contributed by atoms with Crippen molar-refractivity contribution in [3.8, 4) is 11.1 Å². The fourth-order valence-corrected chi connectivity index (χ4v) is 4.80. The van der Waals surface area contributed by atoms with Crippen LogP contribution < -0.4 is 10.6 Å². The van der Waals surface area contributed by atoms with Crippen LogP contribution in [-0.4, -0.2) is 41.8 Å². The van der Waals surface area contributed by atoms with E-state index in [9.17, 15) is 14.4 Å². The molecule has 0 aliphatic carbocycles. The SMILES string of the molecule is O=C1N[C@@H](CC(=O)N2CCNC(=O)[C@H]2Cc2ccccc2-c2ccccc2)c2ccccc21. The van der Waals surface area contributed by atoms with Crippen LogP contribution in [-0.2, 0) is 16.0 Å². The summed E-state index contributed by atoms with van der Waals surface area (Å²) < 4.78 is 0. The van der Waals surface area contributed by atoms with Crippen molar-refractivity contribution in [3.63, 3.8) is 0 Å². The van der Waals surface area contributed by atoms with E-state index in [-0.39, 0.29) is 30.2 Å². The molecule has 3 aromatic rings. The third-order valence-corrected chi connectivity index (χ3v) is 6.43. The first kappa shape index (κ1) is 20.9. The molecule has 0 unspecified atom stereocenters. The summed E-state index contributed by atoms with van der Waals surface area (Å²) in [6.45, 7) is 0.875. The second kappa shape index (κ2) is 8.90. The molecule has 2 heterocycles. The number of carbonyl (C=O) groups is 3. The number of hydrogen-bond donors (Lipinski definition) is 2. The molecule has 2 N–H and O–H groups in total. The van der Waals surface area contributed by atoms with E-state index < -0.39 is 6.04 Å². The van der Waals surface area contributed by atoms with Gasteiger partial charge in [-0.1, -0.05) is 72.8 Å². The summed E-state index contributed by atoms with van der Waals surface area (Å²) in [6, 6.07) is 24.4. The lowest BCUT2D eigenvalue weighted by atomic mass is 9.93. The molecular weight excluding hydrogens is 414 g/mol. The average Bonchev–Trinajstić information content (AvgIpc) is 3.16. The monoisotopic (exact) mass is 439 g/mol. The largest absolute Gasteiger partial charge is 0.353 e. The number of nitrogens with one attached hydrogen (secondary N) is 2. The summed E-state index contributed by atoms with van der Waals surface area (Å²) in [7, 11) is 0. The van der Waals surface area contributed by atoms with Crippen LogP contribution >= 0.6 is 0 Å². The number of amides is 3. The van der Waals surface area contributed by atoms with Crippen LogP contribution in [0.25, 0.3) is 11.1 Å². The molecule has 1 saturated heterocycles. The Balaban J connectivity index is 1.38. The molecule has 5 rings (SSSR count). The number of nitrogens with zero attached hydrogens (tertiary/aromatic N) is 1. The first-order valence-electron chi connectivity index (χ1n) is 11.2. The van der Waals surface area contributed by atoms with Gasteiger partial charge < -0.3 is 15.5 Å². The van der Waals surface area contributed by atoms with Gasteiger partial charge in [-0.2, -0.15) is 0 Å². The summed E-state index contributed by atoms with van der Waals surface area (Å²) in [6.07, 6.45) is 0.559. The summed E-state index contributed by atoms with van der Waals surface area (Å²) >= 11 is 0. The van der Waals surface area contributed by atoms with Crippen molar-refractivity contribution in [1.82, 2.24) is 15.5 Å². The Hall–Kier alpha value is -3.93. The molecule has 2 aliphatic rings. The van der Waals surface area contributed by atoms with Crippen LogP contribution in [0.3, 0.4) is 0 Å². The molecule has 2 atom stereocenters. The Morgan fingerprint density at radius 2 is 1.58 bits per heavy atom. The molecule has 2 aliphatic heterocycles. The molecule has 0 radical (unpaired) electrons. The molecule has 0 spiro atoms. The Bertz CT molecular complexity index is 1210. The molecule has 3 aromatic carbocycles. The molecule has 1 fully saturated rings.